The van der Waals surface area contributed by atoms with Gasteiger partial charge in [-0.3, -0.25) is 4.79 Å². The second-order valence-electron chi connectivity index (χ2n) is 5.47. The van der Waals surface area contributed by atoms with E-state index in [4.69, 9.17) is 9.47 Å². The van der Waals surface area contributed by atoms with E-state index in [1.807, 2.05) is 0 Å². The molecule has 1 atom stereocenters. The molecule has 0 saturated heterocycles. The largest absolute Gasteiger partial charge is 1.00 e. The second kappa shape index (κ2) is 7.95. The van der Waals surface area contributed by atoms with Gasteiger partial charge in [0.2, 0.25) is 0 Å². The number of ether oxygens (including phenoxy) is 2. The van der Waals surface area contributed by atoms with Gasteiger partial charge in [0.25, 0.3) is 10.4 Å². The molecule has 1 aliphatic rings. The molecule has 138 valence electrons. The zero-order chi connectivity index (χ0) is 19.1. The van der Waals surface area contributed by atoms with Crippen LogP contribution in [0.5, 0.6) is 28.7 Å². The van der Waals surface area contributed by atoms with Gasteiger partial charge in [0.1, 0.15) is 28.9 Å². The van der Waals surface area contributed by atoms with Crippen molar-refractivity contribution < 1.29 is 71.2 Å². The Balaban J connectivity index is 0.00000261. The van der Waals surface area contributed by atoms with Crippen molar-refractivity contribution in [2.75, 3.05) is 7.11 Å². The van der Waals surface area contributed by atoms with Crippen LogP contribution < -0.4 is 43.2 Å². The number of carbonyl (C=O) groups excluding carboxylic acids is 1. The first-order valence-corrected chi connectivity index (χ1v) is 8.60. The van der Waals surface area contributed by atoms with Gasteiger partial charge < -0.3 is 28.4 Å². The van der Waals surface area contributed by atoms with Crippen LogP contribution in [0.25, 0.3) is 0 Å². The minimum Gasteiger partial charge on any atom is -0.716 e. The number of methoxy groups -OCH3 is 1. The van der Waals surface area contributed by atoms with E-state index >= 15 is 0 Å². The molecule has 0 saturated carbocycles. The predicted octanol–water partition coefficient (Wildman–Crippen LogP) is -1.34. The van der Waals surface area contributed by atoms with Crippen molar-refractivity contribution in [1.29, 1.82) is 0 Å². The van der Waals surface area contributed by atoms with Crippen LogP contribution in [0.15, 0.2) is 30.3 Å². The maximum atomic E-state index is 12.3. The van der Waals surface area contributed by atoms with Crippen LogP contribution in [0, 0.1) is 0 Å². The minimum atomic E-state index is -5.06. The Morgan fingerprint density at radius 3 is 2.48 bits per heavy atom. The Morgan fingerprint density at radius 2 is 1.89 bits per heavy atom. The van der Waals surface area contributed by atoms with Crippen molar-refractivity contribution in [3.63, 3.8) is 0 Å². The first-order chi connectivity index (χ1) is 12.2. The van der Waals surface area contributed by atoms with Gasteiger partial charge in [-0.25, -0.2) is 8.42 Å². The summed E-state index contributed by atoms with van der Waals surface area (Å²) in [5, 5.41) is 19.8. The van der Waals surface area contributed by atoms with Crippen LogP contribution in [0.3, 0.4) is 0 Å². The molecule has 1 aliphatic heterocycles. The summed E-state index contributed by atoms with van der Waals surface area (Å²) in [7, 11) is -3.67. The van der Waals surface area contributed by atoms with Gasteiger partial charge in [-0.15, -0.1) is 0 Å². The molecule has 0 amide bonds. The smallest absolute Gasteiger partial charge is 0.716 e. The quantitative estimate of drug-likeness (QED) is 0.359. The summed E-state index contributed by atoms with van der Waals surface area (Å²) in [5.41, 5.74) is 0.319. The summed E-state index contributed by atoms with van der Waals surface area (Å²) >= 11 is 0. The molecule has 3 rings (SSSR count). The Labute approximate surface area is 176 Å². The van der Waals surface area contributed by atoms with Crippen molar-refractivity contribution in [3.05, 3.63) is 41.5 Å². The monoisotopic (exact) mass is 404 g/mol. The SMILES string of the molecule is COc1ccc(C2CC(=O)c3c(O)cc(OS(=O)(=O)[O-])cc3O2)cc1O.[Na+]. The standard InChI is InChI=1S/C16H14O9S.Na/c1-23-13-3-2-8(4-10(13)17)14-7-12(19)16-11(18)5-9(6-15(16)24-14)25-26(20,21)22;/h2-6,14,17-18H,7H2,1H3,(H,20,21,22);/q;+1/p-1. The van der Waals surface area contributed by atoms with Crippen molar-refractivity contribution >= 4 is 16.2 Å². The fourth-order valence-electron chi connectivity index (χ4n) is 2.67. The second-order valence-corrected chi connectivity index (χ2v) is 6.46. The van der Waals surface area contributed by atoms with Crippen molar-refractivity contribution in [2.24, 2.45) is 0 Å². The summed E-state index contributed by atoms with van der Waals surface area (Å²) < 4.78 is 46.9. The predicted molar refractivity (Wildman–Crippen MR) is 85.4 cm³/mol. The number of rotatable bonds is 4. The molecular weight excluding hydrogens is 391 g/mol. The average Bonchev–Trinajstić information content (AvgIpc) is 2.52. The topological polar surface area (TPSA) is 142 Å². The van der Waals surface area contributed by atoms with Crippen LogP contribution in [0.1, 0.15) is 28.4 Å². The molecule has 0 fully saturated rings. The number of benzene rings is 2. The third-order valence-electron chi connectivity index (χ3n) is 3.75. The van der Waals surface area contributed by atoms with Gasteiger partial charge in [0.05, 0.1) is 13.5 Å². The third-order valence-corrected chi connectivity index (χ3v) is 4.14. The third kappa shape index (κ3) is 4.66. The van der Waals surface area contributed by atoms with Crippen LogP contribution in [-0.4, -0.2) is 36.1 Å². The van der Waals surface area contributed by atoms with Crippen LogP contribution in [-0.2, 0) is 10.4 Å². The minimum absolute atomic E-state index is 0. The molecule has 2 aromatic carbocycles. The van der Waals surface area contributed by atoms with Gasteiger partial charge in [-0.1, -0.05) is 6.07 Å². The molecule has 0 radical (unpaired) electrons. The fraction of sp³-hybridized carbons (Fsp3) is 0.188. The normalized spacial score (nSPS) is 15.9. The fourth-order valence-corrected chi connectivity index (χ4v) is 3.01. The number of hydrogen-bond donors (Lipinski definition) is 2. The number of aromatic hydroxyl groups is 2. The van der Waals surface area contributed by atoms with E-state index in [2.05, 4.69) is 4.18 Å². The number of Topliss-reactive ketones (excluding diaryl/α,β-unsaturated/α-hetero) is 1. The summed E-state index contributed by atoms with van der Waals surface area (Å²) in [5.74, 6) is -1.56. The van der Waals surface area contributed by atoms with Crippen LogP contribution in [0.4, 0.5) is 0 Å². The van der Waals surface area contributed by atoms with Crippen LogP contribution >= 0.6 is 0 Å². The number of carbonyl (C=O) groups is 1. The average molecular weight is 404 g/mol. The van der Waals surface area contributed by atoms with E-state index in [0.717, 1.165) is 12.1 Å². The van der Waals surface area contributed by atoms with E-state index in [1.54, 1.807) is 6.07 Å². The summed E-state index contributed by atoms with van der Waals surface area (Å²) in [6.07, 6.45) is -0.919. The maximum absolute atomic E-state index is 12.3. The first-order valence-electron chi connectivity index (χ1n) is 7.27. The Morgan fingerprint density at radius 1 is 1.19 bits per heavy atom. The summed E-state index contributed by atoms with van der Waals surface area (Å²) in [6, 6.07) is 6.32. The van der Waals surface area contributed by atoms with Gasteiger partial charge >= 0.3 is 29.6 Å². The molecule has 27 heavy (non-hydrogen) atoms. The number of fused-ring (bicyclic) bond motifs is 1. The molecule has 2 aromatic rings. The molecule has 2 N–H and O–H groups in total. The van der Waals surface area contributed by atoms with Crippen molar-refractivity contribution in [1.82, 2.24) is 0 Å². The Hall–Kier alpha value is -1.98. The maximum Gasteiger partial charge on any atom is 1.00 e. The van der Waals surface area contributed by atoms with E-state index in [1.165, 1.54) is 19.2 Å². The van der Waals surface area contributed by atoms with E-state index < -0.39 is 33.8 Å². The number of ketones is 1. The first kappa shape index (κ1) is 21.3. The molecule has 1 unspecified atom stereocenters. The molecule has 1 heterocycles. The van der Waals surface area contributed by atoms with Crippen LogP contribution in [0.2, 0.25) is 0 Å². The van der Waals surface area contributed by atoms with Crippen molar-refractivity contribution in [2.45, 2.75) is 12.5 Å². The summed E-state index contributed by atoms with van der Waals surface area (Å²) in [4.78, 5) is 12.3. The van der Waals surface area contributed by atoms with Crippen molar-refractivity contribution in [3.8, 4) is 28.7 Å². The number of phenolic OH excluding ortho intramolecular Hbond substituents is 2. The number of phenols is 2. The molecule has 11 heteroatoms. The zero-order valence-corrected chi connectivity index (χ0v) is 17.1. The molecule has 0 aromatic heterocycles. The van der Waals surface area contributed by atoms with Gasteiger partial charge in [0.15, 0.2) is 17.3 Å². The molecule has 0 bridgehead atoms. The van der Waals surface area contributed by atoms with Gasteiger partial charge in [-0.2, -0.15) is 0 Å². The molecular formula is C16H13NaO9S. The molecule has 9 nitrogen and oxygen atoms in total. The number of hydrogen-bond acceptors (Lipinski definition) is 9. The zero-order valence-electron chi connectivity index (χ0n) is 14.3. The van der Waals surface area contributed by atoms with Gasteiger partial charge in [0, 0.05) is 12.1 Å². The summed E-state index contributed by atoms with van der Waals surface area (Å²) in [6.45, 7) is 0. The molecule has 0 spiro atoms. The Kier molecular flexibility index (Phi) is 6.28. The van der Waals surface area contributed by atoms with Gasteiger partial charge in [-0.05, 0) is 17.7 Å². The Bertz CT molecular complexity index is 988. The molecule has 0 aliphatic carbocycles. The van der Waals surface area contributed by atoms with E-state index in [-0.39, 0.29) is 58.8 Å². The van der Waals surface area contributed by atoms with E-state index in [9.17, 15) is 28.0 Å². The van der Waals surface area contributed by atoms with E-state index in [0.29, 0.717) is 5.56 Å².